The second kappa shape index (κ2) is 10.5. The highest BCUT2D eigenvalue weighted by Gasteiger charge is 2.10. The van der Waals surface area contributed by atoms with Gasteiger partial charge in [-0.05, 0) is 48.4 Å². The molecule has 0 saturated heterocycles. The molecule has 0 radical (unpaired) electrons. The van der Waals surface area contributed by atoms with Crippen LogP contribution in [0.2, 0.25) is 0 Å². The van der Waals surface area contributed by atoms with E-state index in [0.717, 1.165) is 22.2 Å². The maximum Gasteiger partial charge on any atom is 0.223 e. The van der Waals surface area contributed by atoms with Crippen LogP contribution in [0.4, 0.5) is 0 Å². The summed E-state index contributed by atoms with van der Waals surface area (Å²) >= 11 is 5.12. The molecule has 0 atom stereocenters. The summed E-state index contributed by atoms with van der Waals surface area (Å²) in [6.45, 7) is 0.678. The van der Waals surface area contributed by atoms with Gasteiger partial charge < -0.3 is 14.4 Å². The van der Waals surface area contributed by atoms with E-state index in [2.05, 4.69) is 28.1 Å². The van der Waals surface area contributed by atoms with E-state index >= 15 is 0 Å². The Hall–Kier alpha value is -1.66. The van der Waals surface area contributed by atoms with Gasteiger partial charge in [-0.15, -0.1) is 11.8 Å². The SMILES string of the molecule is COc1ccc(CCN(C)C(=O)CCSc2ccc(Br)cc2)cc1OC. The van der Waals surface area contributed by atoms with E-state index in [4.69, 9.17) is 9.47 Å². The molecule has 0 fully saturated rings. The lowest BCUT2D eigenvalue weighted by molar-refractivity contribution is -0.129. The number of carbonyl (C=O) groups excluding carboxylic acids is 1. The van der Waals surface area contributed by atoms with E-state index in [-0.39, 0.29) is 5.91 Å². The summed E-state index contributed by atoms with van der Waals surface area (Å²) in [7, 11) is 5.10. The molecule has 0 aromatic heterocycles. The van der Waals surface area contributed by atoms with Gasteiger partial charge in [-0.2, -0.15) is 0 Å². The van der Waals surface area contributed by atoms with Crippen LogP contribution in [-0.4, -0.2) is 44.4 Å². The molecule has 0 aliphatic carbocycles. The van der Waals surface area contributed by atoms with Crippen LogP contribution in [0.25, 0.3) is 0 Å². The number of methoxy groups -OCH3 is 2. The van der Waals surface area contributed by atoms with Crippen LogP contribution in [0.15, 0.2) is 51.8 Å². The average Bonchev–Trinajstić information content (AvgIpc) is 2.67. The van der Waals surface area contributed by atoms with Gasteiger partial charge in [0, 0.05) is 35.1 Å². The van der Waals surface area contributed by atoms with Crippen LogP contribution in [0.3, 0.4) is 0 Å². The fourth-order valence-electron chi connectivity index (χ4n) is 2.44. The topological polar surface area (TPSA) is 38.8 Å². The quantitative estimate of drug-likeness (QED) is 0.535. The Bertz CT molecular complexity index is 721. The molecule has 2 aromatic rings. The molecule has 0 saturated carbocycles. The van der Waals surface area contributed by atoms with Crippen molar-refractivity contribution in [1.29, 1.82) is 0 Å². The zero-order valence-corrected chi connectivity index (χ0v) is 17.7. The number of hydrogen-bond donors (Lipinski definition) is 0. The number of halogens is 1. The van der Waals surface area contributed by atoms with Crippen LogP contribution in [0.1, 0.15) is 12.0 Å². The lowest BCUT2D eigenvalue weighted by Crippen LogP contribution is -2.29. The molecule has 1 amide bonds. The summed E-state index contributed by atoms with van der Waals surface area (Å²) in [5, 5.41) is 0. The van der Waals surface area contributed by atoms with Gasteiger partial charge in [0.2, 0.25) is 5.91 Å². The average molecular weight is 438 g/mol. The highest BCUT2D eigenvalue weighted by molar-refractivity contribution is 9.10. The van der Waals surface area contributed by atoms with Gasteiger partial charge in [-0.3, -0.25) is 4.79 Å². The van der Waals surface area contributed by atoms with Crippen LogP contribution in [-0.2, 0) is 11.2 Å². The highest BCUT2D eigenvalue weighted by atomic mass is 79.9. The molecule has 0 unspecified atom stereocenters. The Labute approximate surface area is 168 Å². The monoisotopic (exact) mass is 437 g/mol. The molecule has 0 N–H and O–H groups in total. The maximum absolute atomic E-state index is 12.3. The van der Waals surface area contributed by atoms with Gasteiger partial charge in [-0.25, -0.2) is 0 Å². The van der Waals surface area contributed by atoms with Gasteiger partial charge in [0.1, 0.15) is 0 Å². The van der Waals surface area contributed by atoms with E-state index in [1.165, 1.54) is 4.90 Å². The van der Waals surface area contributed by atoms with Crippen molar-refractivity contribution >= 4 is 33.6 Å². The zero-order chi connectivity index (χ0) is 18.9. The van der Waals surface area contributed by atoms with Crippen molar-refractivity contribution in [2.75, 3.05) is 33.6 Å². The molecule has 4 nitrogen and oxygen atoms in total. The molecule has 0 spiro atoms. The molecular weight excluding hydrogens is 414 g/mol. The Kier molecular flexibility index (Phi) is 8.32. The van der Waals surface area contributed by atoms with E-state index in [0.29, 0.717) is 24.5 Å². The summed E-state index contributed by atoms with van der Waals surface area (Å²) in [6.07, 6.45) is 1.31. The normalized spacial score (nSPS) is 10.5. The lowest BCUT2D eigenvalue weighted by Gasteiger charge is -2.17. The molecule has 140 valence electrons. The Morgan fingerprint density at radius 1 is 1.08 bits per heavy atom. The number of carbonyl (C=O) groups is 1. The van der Waals surface area contributed by atoms with Crippen LogP contribution >= 0.6 is 27.7 Å². The Morgan fingerprint density at radius 3 is 2.42 bits per heavy atom. The maximum atomic E-state index is 12.3. The highest BCUT2D eigenvalue weighted by Crippen LogP contribution is 2.27. The van der Waals surface area contributed by atoms with Gasteiger partial charge >= 0.3 is 0 Å². The third kappa shape index (κ3) is 6.25. The number of thioether (sulfide) groups is 1. The van der Waals surface area contributed by atoms with Crippen molar-refractivity contribution in [2.45, 2.75) is 17.7 Å². The summed E-state index contributed by atoms with van der Waals surface area (Å²) in [5.74, 6) is 2.37. The van der Waals surface area contributed by atoms with Crippen molar-refractivity contribution in [3.8, 4) is 11.5 Å². The number of ether oxygens (including phenoxy) is 2. The predicted molar refractivity (Wildman–Crippen MR) is 110 cm³/mol. The van der Waals surface area contributed by atoms with Crippen molar-refractivity contribution in [1.82, 2.24) is 4.90 Å². The van der Waals surface area contributed by atoms with Gasteiger partial charge in [0.15, 0.2) is 11.5 Å². The minimum Gasteiger partial charge on any atom is -0.493 e. The van der Waals surface area contributed by atoms with Crippen molar-refractivity contribution in [2.24, 2.45) is 0 Å². The first kappa shape index (κ1) is 20.6. The van der Waals surface area contributed by atoms with Crippen LogP contribution in [0.5, 0.6) is 11.5 Å². The minimum absolute atomic E-state index is 0.162. The lowest BCUT2D eigenvalue weighted by atomic mass is 10.1. The molecule has 6 heteroatoms. The summed E-state index contributed by atoms with van der Waals surface area (Å²) < 4.78 is 11.6. The molecule has 0 bridgehead atoms. The second-order valence-corrected chi connectivity index (χ2v) is 7.89. The van der Waals surface area contributed by atoms with Gasteiger partial charge in [-0.1, -0.05) is 22.0 Å². The number of nitrogens with zero attached hydrogens (tertiary/aromatic N) is 1. The molecule has 0 aliphatic rings. The van der Waals surface area contributed by atoms with E-state index < -0.39 is 0 Å². The summed E-state index contributed by atoms with van der Waals surface area (Å²) in [6, 6.07) is 14.0. The van der Waals surface area contributed by atoms with Crippen LogP contribution in [0, 0.1) is 0 Å². The third-order valence-corrected chi connectivity index (χ3v) is 5.55. The van der Waals surface area contributed by atoms with Crippen molar-refractivity contribution in [3.63, 3.8) is 0 Å². The molecule has 0 heterocycles. The van der Waals surface area contributed by atoms with Crippen molar-refractivity contribution < 1.29 is 14.3 Å². The molecule has 26 heavy (non-hydrogen) atoms. The Balaban J connectivity index is 1.77. The second-order valence-electron chi connectivity index (χ2n) is 5.81. The first-order chi connectivity index (χ1) is 12.5. The number of benzene rings is 2. The smallest absolute Gasteiger partial charge is 0.223 e. The number of rotatable bonds is 9. The predicted octanol–water partition coefficient (Wildman–Crippen LogP) is 4.65. The van der Waals surface area contributed by atoms with E-state index in [1.807, 2.05) is 37.4 Å². The van der Waals surface area contributed by atoms with E-state index in [1.54, 1.807) is 30.9 Å². The van der Waals surface area contributed by atoms with Gasteiger partial charge in [0.05, 0.1) is 14.2 Å². The molecule has 0 aliphatic heterocycles. The van der Waals surface area contributed by atoms with E-state index in [9.17, 15) is 4.79 Å². The molecular formula is C20H24BrNO3S. The third-order valence-electron chi connectivity index (χ3n) is 4.01. The largest absolute Gasteiger partial charge is 0.493 e. The summed E-state index contributed by atoms with van der Waals surface area (Å²) in [4.78, 5) is 15.3. The Morgan fingerprint density at radius 2 is 1.77 bits per heavy atom. The number of hydrogen-bond acceptors (Lipinski definition) is 4. The van der Waals surface area contributed by atoms with Gasteiger partial charge in [0.25, 0.3) is 0 Å². The number of amides is 1. The first-order valence-electron chi connectivity index (χ1n) is 8.36. The first-order valence-corrected chi connectivity index (χ1v) is 10.1. The van der Waals surface area contributed by atoms with Crippen molar-refractivity contribution in [3.05, 3.63) is 52.5 Å². The molecule has 2 aromatic carbocycles. The fraction of sp³-hybridized carbons (Fsp3) is 0.350. The minimum atomic E-state index is 0.162. The standard InChI is InChI=1S/C20H24BrNO3S/c1-22(12-10-15-4-9-18(24-2)19(14-15)25-3)20(23)11-13-26-17-7-5-16(21)6-8-17/h4-9,14H,10-13H2,1-3H3. The zero-order valence-electron chi connectivity index (χ0n) is 15.3. The fourth-order valence-corrected chi connectivity index (χ4v) is 3.54. The van der Waals surface area contributed by atoms with Crippen LogP contribution < -0.4 is 9.47 Å². The summed E-state index contributed by atoms with van der Waals surface area (Å²) in [5.41, 5.74) is 1.12. The molecule has 2 rings (SSSR count). The number of likely N-dealkylation sites (N-methyl/N-ethyl adjacent to an activating group) is 1.